The van der Waals surface area contributed by atoms with Gasteiger partial charge in [0.2, 0.25) is 10.0 Å². The Hall–Kier alpha value is -1.87. The van der Waals surface area contributed by atoms with Crippen LogP contribution >= 0.6 is 11.8 Å². The van der Waals surface area contributed by atoms with Gasteiger partial charge in [-0.3, -0.25) is 4.79 Å². The van der Waals surface area contributed by atoms with Gasteiger partial charge in [0.1, 0.15) is 0 Å². The molecule has 0 aliphatic rings. The van der Waals surface area contributed by atoms with Gasteiger partial charge in [0, 0.05) is 30.0 Å². The zero-order chi connectivity index (χ0) is 19.0. The van der Waals surface area contributed by atoms with Crippen LogP contribution in [-0.2, 0) is 14.8 Å². The number of anilines is 1. The predicted molar refractivity (Wildman–Crippen MR) is 104 cm³/mol. The topological polar surface area (TPSA) is 84.5 Å². The standard InChI is InChI=1S/C18H22N2O4S2/c1-3-19-26(22,23)15-10-8-14(9-11-15)20-18(21)16-6-4-5-7-17(16)25-13-12-24-2/h4-11,19H,3,12-13H2,1-2H3,(H,20,21). The maximum atomic E-state index is 12.6. The van der Waals surface area contributed by atoms with E-state index in [9.17, 15) is 13.2 Å². The number of nitrogens with one attached hydrogen (secondary N) is 2. The lowest BCUT2D eigenvalue weighted by molar-refractivity contribution is 0.102. The van der Waals surface area contributed by atoms with Crippen molar-refractivity contribution in [3.63, 3.8) is 0 Å². The minimum Gasteiger partial charge on any atom is -0.384 e. The summed E-state index contributed by atoms with van der Waals surface area (Å²) in [6.07, 6.45) is 0. The van der Waals surface area contributed by atoms with Crippen LogP contribution in [-0.4, -0.2) is 40.3 Å². The molecule has 0 atom stereocenters. The first kappa shape index (κ1) is 20.4. The fraction of sp³-hybridized carbons (Fsp3) is 0.278. The van der Waals surface area contributed by atoms with E-state index in [0.717, 1.165) is 10.6 Å². The summed E-state index contributed by atoms with van der Waals surface area (Å²) in [4.78, 5) is 13.6. The lowest BCUT2D eigenvalue weighted by Gasteiger charge is -2.10. The highest BCUT2D eigenvalue weighted by Gasteiger charge is 2.14. The molecule has 1 amide bonds. The van der Waals surface area contributed by atoms with Crippen molar-refractivity contribution < 1.29 is 17.9 Å². The largest absolute Gasteiger partial charge is 0.384 e. The molecular weight excluding hydrogens is 372 g/mol. The van der Waals surface area contributed by atoms with Gasteiger partial charge >= 0.3 is 0 Å². The van der Waals surface area contributed by atoms with Crippen molar-refractivity contribution in [2.45, 2.75) is 16.7 Å². The quantitative estimate of drug-likeness (QED) is 0.505. The first-order valence-corrected chi connectivity index (χ1v) is 10.6. The number of carbonyl (C=O) groups is 1. The third kappa shape index (κ3) is 5.57. The predicted octanol–water partition coefficient (Wildman–Crippen LogP) is 2.98. The summed E-state index contributed by atoms with van der Waals surface area (Å²) in [5.74, 6) is 0.505. The van der Waals surface area contributed by atoms with Gasteiger partial charge < -0.3 is 10.1 Å². The number of rotatable bonds is 9. The van der Waals surface area contributed by atoms with Crippen molar-refractivity contribution in [1.29, 1.82) is 0 Å². The van der Waals surface area contributed by atoms with Crippen molar-refractivity contribution in [3.8, 4) is 0 Å². The van der Waals surface area contributed by atoms with Gasteiger partial charge in [0.15, 0.2) is 0 Å². The molecule has 0 radical (unpaired) electrons. The van der Waals surface area contributed by atoms with E-state index in [4.69, 9.17) is 4.74 Å². The second kappa shape index (κ2) is 9.72. The van der Waals surface area contributed by atoms with Crippen molar-refractivity contribution in [1.82, 2.24) is 4.72 Å². The summed E-state index contributed by atoms with van der Waals surface area (Å²) >= 11 is 1.55. The van der Waals surface area contributed by atoms with Gasteiger partial charge in [-0.25, -0.2) is 13.1 Å². The van der Waals surface area contributed by atoms with Crippen molar-refractivity contribution in [2.24, 2.45) is 0 Å². The molecule has 2 N–H and O–H groups in total. The first-order chi connectivity index (χ1) is 12.5. The second-order valence-corrected chi connectivity index (χ2v) is 8.22. The number of thioether (sulfide) groups is 1. The average molecular weight is 395 g/mol. The van der Waals surface area contributed by atoms with Crippen LogP contribution in [0.25, 0.3) is 0 Å². The molecule has 0 heterocycles. The number of amides is 1. The van der Waals surface area contributed by atoms with E-state index < -0.39 is 10.0 Å². The monoisotopic (exact) mass is 394 g/mol. The SMILES string of the molecule is CCNS(=O)(=O)c1ccc(NC(=O)c2ccccc2SCCOC)cc1. The van der Waals surface area contributed by atoms with E-state index in [1.165, 1.54) is 12.1 Å². The maximum absolute atomic E-state index is 12.6. The Bertz CT molecular complexity index is 837. The lowest BCUT2D eigenvalue weighted by atomic mass is 10.2. The Morgan fingerprint density at radius 1 is 1.12 bits per heavy atom. The number of hydrogen-bond donors (Lipinski definition) is 2. The second-order valence-electron chi connectivity index (χ2n) is 5.32. The summed E-state index contributed by atoms with van der Waals surface area (Å²) in [5.41, 5.74) is 1.10. The maximum Gasteiger partial charge on any atom is 0.256 e. The minimum absolute atomic E-state index is 0.160. The van der Waals surface area contributed by atoms with Gasteiger partial charge in [-0.1, -0.05) is 19.1 Å². The number of hydrogen-bond acceptors (Lipinski definition) is 5. The highest BCUT2D eigenvalue weighted by Crippen LogP contribution is 2.24. The highest BCUT2D eigenvalue weighted by molar-refractivity contribution is 7.99. The van der Waals surface area contributed by atoms with E-state index in [1.54, 1.807) is 50.1 Å². The van der Waals surface area contributed by atoms with Crippen LogP contribution in [0.3, 0.4) is 0 Å². The van der Waals surface area contributed by atoms with Crippen LogP contribution in [0.1, 0.15) is 17.3 Å². The van der Waals surface area contributed by atoms with E-state index in [2.05, 4.69) is 10.0 Å². The molecule has 0 saturated heterocycles. The molecule has 0 spiro atoms. The zero-order valence-electron chi connectivity index (χ0n) is 14.7. The molecule has 140 valence electrons. The van der Waals surface area contributed by atoms with Crippen LogP contribution in [0, 0.1) is 0 Å². The fourth-order valence-corrected chi connectivity index (χ4v) is 4.21. The van der Waals surface area contributed by atoms with Gasteiger partial charge in [-0.15, -0.1) is 11.8 Å². The summed E-state index contributed by atoms with van der Waals surface area (Å²) in [5, 5.41) is 2.80. The van der Waals surface area contributed by atoms with E-state index in [-0.39, 0.29) is 10.8 Å². The Morgan fingerprint density at radius 3 is 2.46 bits per heavy atom. The molecule has 0 unspecified atom stereocenters. The van der Waals surface area contributed by atoms with Crippen LogP contribution in [0.2, 0.25) is 0 Å². The third-order valence-electron chi connectivity index (χ3n) is 3.43. The summed E-state index contributed by atoms with van der Waals surface area (Å²) in [6, 6.07) is 13.4. The lowest BCUT2D eigenvalue weighted by Crippen LogP contribution is -2.23. The number of ether oxygens (including phenoxy) is 1. The third-order valence-corrected chi connectivity index (χ3v) is 6.03. The summed E-state index contributed by atoms with van der Waals surface area (Å²) in [6.45, 7) is 2.63. The summed E-state index contributed by atoms with van der Waals surface area (Å²) < 4.78 is 31.4. The van der Waals surface area contributed by atoms with E-state index in [0.29, 0.717) is 24.4 Å². The number of carbonyl (C=O) groups excluding carboxylic acids is 1. The fourth-order valence-electron chi connectivity index (χ4n) is 2.20. The van der Waals surface area contributed by atoms with E-state index >= 15 is 0 Å². The molecule has 2 aromatic carbocycles. The molecule has 26 heavy (non-hydrogen) atoms. The van der Waals surface area contributed by atoms with E-state index in [1.807, 2.05) is 12.1 Å². The molecule has 0 fully saturated rings. The van der Waals surface area contributed by atoms with Crippen LogP contribution < -0.4 is 10.0 Å². The number of methoxy groups -OCH3 is 1. The molecule has 2 aromatic rings. The van der Waals surface area contributed by atoms with Crippen LogP contribution in [0.5, 0.6) is 0 Å². The smallest absolute Gasteiger partial charge is 0.256 e. The van der Waals surface area contributed by atoms with Crippen molar-refractivity contribution in [3.05, 3.63) is 54.1 Å². The molecule has 0 aromatic heterocycles. The Kier molecular flexibility index (Phi) is 7.65. The average Bonchev–Trinajstić information content (AvgIpc) is 2.63. The van der Waals surface area contributed by atoms with Crippen LogP contribution in [0.15, 0.2) is 58.3 Å². The zero-order valence-corrected chi connectivity index (χ0v) is 16.3. The van der Waals surface area contributed by atoms with Crippen molar-refractivity contribution in [2.75, 3.05) is 31.3 Å². The highest BCUT2D eigenvalue weighted by atomic mass is 32.2. The van der Waals surface area contributed by atoms with Gasteiger partial charge in [0.05, 0.1) is 17.1 Å². The summed E-state index contributed by atoms with van der Waals surface area (Å²) in [7, 11) is -1.87. The molecule has 0 saturated carbocycles. The number of benzene rings is 2. The van der Waals surface area contributed by atoms with Gasteiger partial charge in [0.25, 0.3) is 5.91 Å². The molecule has 0 aliphatic carbocycles. The molecule has 6 nitrogen and oxygen atoms in total. The van der Waals surface area contributed by atoms with Crippen molar-refractivity contribution >= 4 is 33.4 Å². The molecule has 0 bridgehead atoms. The number of sulfonamides is 1. The minimum atomic E-state index is -3.51. The van der Waals surface area contributed by atoms with Crippen LogP contribution in [0.4, 0.5) is 5.69 Å². The molecule has 8 heteroatoms. The molecule has 0 aliphatic heterocycles. The van der Waals surface area contributed by atoms with Gasteiger partial charge in [-0.2, -0.15) is 0 Å². The Morgan fingerprint density at radius 2 is 1.81 bits per heavy atom. The Balaban J connectivity index is 2.11. The normalized spacial score (nSPS) is 11.3. The molecule has 2 rings (SSSR count). The first-order valence-electron chi connectivity index (χ1n) is 8.09. The Labute approximate surface area is 158 Å². The van der Waals surface area contributed by atoms with Gasteiger partial charge in [-0.05, 0) is 36.4 Å². The molecular formula is C18H22N2O4S2.